The Morgan fingerprint density at radius 1 is 1.56 bits per heavy atom. The van der Waals surface area contributed by atoms with Crippen molar-refractivity contribution in [2.24, 2.45) is 0 Å². The predicted molar refractivity (Wildman–Crippen MR) is 59.3 cm³/mol. The number of hydrogen-bond donors (Lipinski definition) is 0. The van der Waals surface area contributed by atoms with Crippen LogP contribution in [0.4, 0.5) is 0 Å². The second-order valence-electron chi connectivity index (χ2n) is 3.82. The van der Waals surface area contributed by atoms with Crippen molar-refractivity contribution in [3.05, 3.63) is 0 Å². The lowest BCUT2D eigenvalue weighted by molar-refractivity contribution is -0.148. The molecule has 0 amide bonds. The summed E-state index contributed by atoms with van der Waals surface area (Å²) >= 11 is 0. The quantitative estimate of drug-likeness (QED) is 0.485. The Labute approximate surface area is 96.6 Å². The molecule has 1 aliphatic rings. The molecular formula is C11H21NO4. The fourth-order valence-electron chi connectivity index (χ4n) is 1.63. The zero-order valence-corrected chi connectivity index (χ0v) is 10.1. The number of morpholine rings is 1. The molecule has 0 N–H and O–H groups in total. The Bertz CT molecular complexity index is 210. The number of nitrogens with zero attached hydrogens (tertiary/aromatic N) is 1. The van der Waals surface area contributed by atoms with Gasteiger partial charge in [-0.1, -0.05) is 0 Å². The smallest absolute Gasteiger partial charge is 0.332 e. The predicted octanol–water partition coefficient (Wildman–Crippen LogP) is 0.287. The molecule has 5 heteroatoms. The van der Waals surface area contributed by atoms with Crippen LogP contribution in [0.3, 0.4) is 0 Å². The van der Waals surface area contributed by atoms with Gasteiger partial charge >= 0.3 is 5.97 Å². The third-order valence-electron chi connectivity index (χ3n) is 2.55. The van der Waals surface area contributed by atoms with E-state index in [0.717, 1.165) is 26.3 Å². The van der Waals surface area contributed by atoms with E-state index in [0.29, 0.717) is 19.3 Å². The van der Waals surface area contributed by atoms with Gasteiger partial charge in [0.15, 0.2) is 0 Å². The first-order chi connectivity index (χ1) is 7.74. The molecule has 0 aromatic heterocycles. The summed E-state index contributed by atoms with van der Waals surface area (Å²) in [5, 5.41) is 0. The molecule has 0 bridgehead atoms. The molecule has 5 nitrogen and oxygen atoms in total. The van der Waals surface area contributed by atoms with Gasteiger partial charge in [-0.05, 0) is 13.8 Å². The van der Waals surface area contributed by atoms with E-state index < -0.39 is 0 Å². The van der Waals surface area contributed by atoms with Gasteiger partial charge in [0, 0.05) is 19.1 Å². The molecule has 0 aromatic carbocycles. The van der Waals surface area contributed by atoms with Crippen molar-refractivity contribution < 1.29 is 19.0 Å². The van der Waals surface area contributed by atoms with Gasteiger partial charge in [-0.15, -0.1) is 0 Å². The van der Waals surface area contributed by atoms with Crippen LogP contribution in [0.5, 0.6) is 0 Å². The van der Waals surface area contributed by atoms with Crippen molar-refractivity contribution in [2.75, 3.05) is 46.1 Å². The molecule has 1 fully saturated rings. The molecule has 1 heterocycles. The van der Waals surface area contributed by atoms with Crippen molar-refractivity contribution in [1.29, 1.82) is 0 Å². The number of carbonyl (C=O) groups is 1. The summed E-state index contributed by atoms with van der Waals surface area (Å²) in [7, 11) is 0. The highest BCUT2D eigenvalue weighted by molar-refractivity contribution is 5.70. The van der Waals surface area contributed by atoms with Gasteiger partial charge < -0.3 is 14.2 Å². The molecule has 1 unspecified atom stereocenters. The first-order valence-electron chi connectivity index (χ1n) is 5.79. The zero-order chi connectivity index (χ0) is 11.8. The summed E-state index contributed by atoms with van der Waals surface area (Å²) < 4.78 is 15.3. The molecule has 1 rings (SSSR count). The SMILES string of the molecule is CCOC(=O)COCCN1CCOCC1C. The normalized spacial score (nSPS) is 22.0. The van der Waals surface area contributed by atoms with Crippen molar-refractivity contribution in [1.82, 2.24) is 4.90 Å². The molecular weight excluding hydrogens is 210 g/mol. The zero-order valence-electron chi connectivity index (χ0n) is 10.1. The van der Waals surface area contributed by atoms with E-state index in [-0.39, 0.29) is 12.6 Å². The van der Waals surface area contributed by atoms with Crippen LogP contribution in [0.1, 0.15) is 13.8 Å². The van der Waals surface area contributed by atoms with Gasteiger partial charge in [-0.2, -0.15) is 0 Å². The van der Waals surface area contributed by atoms with Gasteiger partial charge in [0.05, 0.1) is 26.4 Å². The van der Waals surface area contributed by atoms with Crippen LogP contribution in [0, 0.1) is 0 Å². The Morgan fingerprint density at radius 2 is 2.38 bits per heavy atom. The molecule has 0 saturated carbocycles. The molecule has 0 aromatic rings. The van der Waals surface area contributed by atoms with Gasteiger partial charge in [0.2, 0.25) is 0 Å². The Morgan fingerprint density at radius 3 is 3.06 bits per heavy atom. The van der Waals surface area contributed by atoms with Crippen LogP contribution in [0.2, 0.25) is 0 Å². The van der Waals surface area contributed by atoms with Crippen LogP contribution in [0.25, 0.3) is 0 Å². The number of esters is 1. The van der Waals surface area contributed by atoms with Gasteiger partial charge in [0.1, 0.15) is 6.61 Å². The molecule has 1 aliphatic heterocycles. The summed E-state index contributed by atoms with van der Waals surface area (Å²) in [4.78, 5) is 13.3. The molecule has 94 valence electrons. The van der Waals surface area contributed by atoms with Gasteiger partial charge in [-0.3, -0.25) is 4.90 Å². The third-order valence-corrected chi connectivity index (χ3v) is 2.55. The van der Waals surface area contributed by atoms with E-state index in [2.05, 4.69) is 11.8 Å². The highest BCUT2D eigenvalue weighted by atomic mass is 16.6. The van der Waals surface area contributed by atoms with E-state index >= 15 is 0 Å². The Balaban J connectivity index is 2.03. The highest BCUT2D eigenvalue weighted by Gasteiger charge is 2.17. The number of rotatable bonds is 6. The van der Waals surface area contributed by atoms with Crippen LogP contribution in [-0.2, 0) is 19.0 Å². The lowest BCUT2D eigenvalue weighted by Gasteiger charge is -2.32. The second kappa shape index (κ2) is 7.60. The molecule has 1 atom stereocenters. The standard InChI is InChI=1S/C11H21NO4/c1-3-16-11(13)9-15-7-5-12-4-6-14-8-10(12)2/h10H,3-9H2,1-2H3. The summed E-state index contributed by atoms with van der Waals surface area (Å²) in [5.74, 6) is -0.294. The van der Waals surface area contributed by atoms with Gasteiger partial charge in [0.25, 0.3) is 0 Å². The molecule has 0 radical (unpaired) electrons. The van der Waals surface area contributed by atoms with E-state index in [1.54, 1.807) is 6.92 Å². The molecule has 16 heavy (non-hydrogen) atoms. The van der Waals surface area contributed by atoms with Crippen LogP contribution >= 0.6 is 0 Å². The molecule has 1 saturated heterocycles. The monoisotopic (exact) mass is 231 g/mol. The minimum atomic E-state index is -0.294. The lowest BCUT2D eigenvalue weighted by Crippen LogP contribution is -2.45. The number of ether oxygens (including phenoxy) is 3. The largest absolute Gasteiger partial charge is 0.464 e. The van der Waals surface area contributed by atoms with Crippen molar-refractivity contribution >= 4 is 5.97 Å². The average Bonchev–Trinajstić information content (AvgIpc) is 2.27. The fourth-order valence-corrected chi connectivity index (χ4v) is 1.63. The van der Waals surface area contributed by atoms with Crippen LogP contribution < -0.4 is 0 Å². The fraction of sp³-hybridized carbons (Fsp3) is 0.909. The first kappa shape index (κ1) is 13.4. The lowest BCUT2D eigenvalue weighted by atomic mass is 10.2. The first-order valence-corrected chi connectivity index (χ1v) is 5.79. The maximum atomic E-state index is 11.0. The molecule has 0 spiro atoms. The third kappa shape index (κ3) is 4.92. The number of hydrogen-bond acceptors (Lipinski definition) is 5. The second-order valence-corrected chi connectivity index (χ2v) is 3.82. The van der Waals surface area contributed by atoms with Crippen molar-refractivity contribution in [3.63, 3.8) is 0 Å². The average molecular weight is 231 g/mol. The van der Waals surface area contributed by atoms with Crippen molar-refractivity contribution in [2.45, 2.75) is 19.9 Å². The summed E-state index contributed by atoms with van der Waals surface area (Å²) in [6.45, 7) is 8.25. The summed E-state index contributed by atoms with van der Waals surface area (Å²) in [5.41, 5.74) is 0. The minimum Gasteiger partial charge on any atom is -0.464 e. The van der Waals surface area contributed by atoms with E-state index in [1.807, 2.05) is 0 Å². The highest BCUT2D eigenvalue weighted by Crippen LogP contribution is 2.04. The van der Waals surface area contributed by atoms with E-state index in [9.17, 15) is 4.79 Å². The summed E-state index contributed by atoms with van der Waals surface area (Å²) in [6.07, 6.45) is 0. The van der Waals surface area contributed by atoms with E-state index in [4.69, 9.17) is 14.2 Å². The van der Waals surface area contributed by atoms with Gasteiger partial charge in [-0.25, -0.2) is 4.79 Å². The van der Waals surface area contributed by atoms with Crippen LogP contribution in [-0.4, -0.2) is 63.0 Å². The summed E-state index contributed by atoms with van der Waals surface area (Å²) in [6, 6.07) is 0.431. The Kier molecular flexibility index (Phi) is 6.37. The van der Waals surface area contributed by atoms with Crippen molar-refractivity contribution in [3.8, 4) is 0 Å². The minimum absolute atomic E-state index is 0.0482. The van der Waals surface area contributed by atoms with E-state index in [1.165, 1.54) is 0 Å². The number of carbonyl (C=O) groups excluding carboxylic acids is 1. The maximum Gasteiger partial charge on any atom is 0.332 e. The topological polar surface area (TPSA) is 48.0 Å². The van der Waals surface area contributed by atoms with Crippen LogP contribution in [0.15, 0.2) is 0 Å². The Hall–Kier alpha value is -0.650. The molecule has 0 aliphatic carbocycles. The maximum absolute atomic E-state index is 11.0.